The van der Waals surface area contributed by atoms with Crippen molar-refractivity contribution in [1.82, 2.24) is 0 Å². The molecule has 0 aromatic carbocycles. The molecule has 12 atom stereocenters. The molecule has 35 heavy (non-hydrogen) atoms. The van der Waals surface area contributed by atoms with Gasteiger partial charge >= 0.3 is 0 Å². The van der Waals surface area contributed by atoms with Crippen LogP contribution in [0.3, 0.4) is 0 Å². The van der Waals surface area contributed by atoms with Crippen LogP contribution in [0.1, 0.15) is 106 Å². The lowest BCUT2D eigenvalue weighted by atomic mass is 9.41. The molecule has 0 amide bonds. The van der Waals surface area contributed by atoms with Crippen molar-refractivity contribution in [3.05, 3.63) is 0 Å². The maximum Gasteiger partial charge on any atom is 0.0865 e. The highest BCUT2D eigenvalue weighted by atomic mass is 16.5. The Hall–Kier alpha value is -0.200. The molecule has 200 valence electrons. The first-order valence-corrected chi connectivity index (χ1v) is 14.4. The van der Waals surface area contributed by atoms with E-state index in [1.165, 1.54) is 6.42 Å². The number of fused-ring (bicyclic) bond motifs is 2. The molecule has 5 aliphatic carbocycles. The van der Waals surface area contributed by atoms with Crippen LogP contribution in [-0.2, 0) is 4.74 Å². The number of rotatable bonds is 2. The fourth-order valence-corrected chi connectivity index (χ4v) is 12.1. The Kier molecular flexibility index (Phi) is 4.92. The third-order valence-electron chi connectivity index (χ3n) is 13.8. The number of hydrogen-bond donors (Lipinski definition) is 4. The topological polar surface area (TPSA) is 90.2 Å². The van der Waals surface area contributed by atoms with Gasteiger partial charge in [-0.15, -0.1) is 0 Å². The van der Waals surface area contributed by atoms with Crippen LogP contribution in [0.5, 0.6) is 0 Å². The molecular weight excluding hydrogens is 440 g/mol. The van der Waals surface area contributed by atoms with Crippen LogP contribution < -0.4 is 0 Å². The van der Waals surface area contributed by atoms with Gasteiger partial charge in [-0.2, -0.15) is 0 Å². The number of ether oxygens (including phenoxy) is 1. The van der Waals surface area contributed by atoms with Crippen molar-refractivity contribution in [3.63, 3.8) is 0 Å². The molecule has 0 aromatic rings. The number of hydrogen-bond acceptors (Lipinski definition) is 5. The van der Waals surface area contributed by atoms with Gasteiger partial charge in [0.2, 0.25) is 0 Å². The van der Waals surface area contributed by atoms with Gasteiger partial charge in [0.15, 0.2) is 0 Å². The summed E-state index contributed by atoms with van der Waals surface area (Å²) < 4.78 is 6.65. The summed E-state index contributed by atoms with van der Waals surface area (Å²) in [6.45, 7) is 15.0. The molecule has 1 aliphatic heterocycles. The van der Waals surface area contributed by atoms with Gasteiger partial charge in [-0.3, -0.25) is 0 Å². The lowest BCUT2D eigenvalue weighted by Gasteiger charge is -2.64. The Morgan fingerprint density at radius 1 is 0.771 bits per heavy atom. The maximum absolute atomic E-state index is 11.9. The van der Waals surface area contributed by atoms with Gasteiger partial charge in [0, 0.05) is 5.92 Å². The van der Waals surface area contributed by atoms with E-state index in [4.69, 9.17) is 4.74 Å². The zero-order chi connectivity index (χ0) is 25.6. The molecular formula is C30H50O5. The quantitative estimate of drug-likeness (QED) is 0.460. The molecule has 2 spiro atoms. The highest BCUT2D eigenvalue weighted by Crippen LogP contribution is 2.89. The van der Waals surface area contributed by atoms with Crippen molar-refractivity contribution >= 4 is 0 Å². The van der Waals surface area contributed by atoms with Crippen molar-refractivity contribution in [2.75, 3.05) is 0 Å². The second-order valence-electron chi connectivity index (χ2n) is 15.9. The monoisotopic (exact) mass is 490 g/mol. The maximum atomic E-state index is 11.9. The van der Waals surface area contributed by atoms with E-state index in [9.17, 15) is 20.4 Å². The van der Waals surface area contributed by atoms with E-state index < -0.39 is 23.4 Å². The first kappa shape index (κ1) is 25.1. The Morgan fingerprint density at radius 2 is 1.46 bits per heavy atom. The second kappa shape index (κ2) is 6.86. The average Bonchev–Trinajstić information content (AvgIpc) is 3.08. The van der Waals surface area contributed by atoms with E-state index in [1.54, 1.807) is 0 Å². The standard InChI is InChI=1S/C30H50O5/c1-24(2)19-14-17(31)23-27(6)15-18(32)22(28(7)10-9-21(35-28)25(3,4)34)26(27,5)12-13-30(23)16-29(19,30)11-8-20(24)33/h17-23,31-34H,8-16H2,1-7H3. The van der Waals surface area contributed by atoms with Gasteiger partial charge < -0.3 is 25.2 Å². The Balaban J connectivity index is 1.37. The molecule has 1 heterocycles. The van der Waals surface area contributed by atoms with E-state index in [-0.39, 0.29) is 51.1 Å². The van der Waals surface area contributed by atoms with E-state index in [0.29, 0.717) is 5.92 Å². The van der Waals surface area contributed by atoms with Crippen molar-refractivity contribution in [2.45, 2.75) is 142 Å². The first-order chi connectivity index (χ1) is 16.0. The molecule has 5 nitrogen and oxygen atoms in total. The molecule has 6 aliphatic rings. The Bertz CT molecular complexity index is 911. The summed E-state index contributed by atoms with van der Waals surface area (Å²) in [5.74, 6) is 0.544. The summed E-state index contributed by atoms with van der Waals surface area (Å²) in [4.78, 5) is 0. The summed E-state index contributed by atoms with van der Waals surface area (Å²) >= 11 is 0. The summed E-state index contributed by atoms with van der Waals surface area (Å²) in [5.41, 5.74) is -1.44. The van der Waals surface area contributed by atoms with Gasteiger partial charge in [-0.25, -0.2) is 0 Å². The van der Waals surface area contributed by atoms with Crippen LogP contribution in [0.25, 0.3) is 0 Å². The number of aliphatic hydroxyl groups excluding tert-OH is 3. The van der Waals surface area contributed by atoms with E-state index in [2.05, 4.69) is 34.6 Å². The largest absolute Gasteiger partial charge is 0.393 e. The molecule has 0 aromatic heterocycles. The zero-order valence-electron chi connectivity index (χ0n) is 23.1. The minimum absolute atomic E-state index is 0.00561. The van der Waals surface area contributed by atoms with Gasteiger partial charge in [0.25, 0.3) is 0 Å². The van der Waals surface area contributed by atoms with Crippen molar-refractivity contribution in [2.24, 2.45) is 44.8 Å². The third kappa shape index (κ3) is 2.78. The number of aliphatic hydroxyl groups is 4. The smallest absolute Gasteiger partial charge is 0.0865 e. The Morgan fingerprint density at radius 3 is 2.09 bits per heavy atom. The van der Waals surface area contributed by atoms with Crippen molar-refractivity contribution in [1.29, 1.82) is 0 Å². The lowest BCUT2D eigenvalue weighted by molar-refractivity contribution is -0.217. The van der Waals surface area contributed by atoms with Gasteiger partial charge in [-0.05, 0) is 117 Å². The normalized spacial score (nSPS) is 60.9. The molecule has 1 saturated heterocycles. The SMILES string of the molecule is CC(C)(O)C1CCC(C)(C2C(O)CC3(C)C4C(O)CC5C(C)(C)C(O)CCC56CC46CCC23C)O1. The molecule has 6 fully saturated rings. The third-order valence-corrected chi connectivity index (χ3v) is 13.8. The average molecular weight is 491 g/mol. The van der Waals surface area contributed by atoms with Crippen molar-refractivity contribution in [3.8, 4) is 0 Å². The van der Waals surface area contributed by atoms with Crippen LogP contribution in [0.2, 0.25) is 0 Å². The fourth-order valence-electron chi connectivity index (χ4n) is 12.1. The summed E-state index contributed by atoms with van der Waals surface area (Å²) in [6, 6.07) is 0. The minimum Gasteiger partial charge on any atom is -0.393 e. The van der Waals surface area contributed by atoms with Gasteiger partial charge in [0.1, 0.15) is 0 Å². The second-order valence-corrected chi connectivity index (χ2v) is 15.9. The van der Waals surface area contributed by atoms with Gasteiger partial charge in [-0.1, -0.05) is 27.7 Å². The molecule has 5 heteroatoms. The molecule has 5 saturated carbocycles. The van der Waals surface area contributed by atoms with Crippen LogP contribution in [-0.4, -0.2) is 56.0 Å². The lowest BCUT2D eigenvalue weighted by Crippen LogP contribution is -2.62. The van der Waals surface area contributed by atoms with Crippen LogP contribution in [0.15, 0.2) is 0 Å². The van der Waals surface area contributed by atoms with E-state index in [1.807, 2.05) is 13.8 Å². The molecule has 4 N–H and O–H groups in total. The van der Waals surface area contributed by atoms with Crippen LogP contribution in [0, 0.1) is 44.8 Å². The minimum atomic E-state index is -0.893. The first-order valence-electron chi connectivity index (χ1n) is 14.4. The summed E-state index contributed by atoms with van der Waals surface area (Å²) in [7, 11) is 0. The van der Waals surface area contributed by atoms with E-state index in [0.717, 1.165) is 51.4 Å². The highest BCUT2D eigenvalue weighted by Gasteiger charge is 2.85. The molecule has 6 rings (SSSR count). The predicted molar refractivity (Wildman–Crippen MR) is 134 cm³/mol. The summed E-state index contributed by atoms with van der Waals surface area (Å²) in [5, 5.41) is 45.2. The van der Waals surface area contributed by atoms with Crippen LogP contribution in [0.4, 0.5) is 0 Å². The van der Waals surface area contributed by atoms with Crippen LogP contribution >= 0.6 is 0 Å². The Labute approximate surface area is 212 Å². The molecule has 0 radical (unpaired) electrons. The van der Waals surface area contributed by atoms with E-state index >= 15 is 0 Å². The highest BCUT2D eigenvalue weighted by molar-refractivity contribution is 5.33. The predicted octanol–water partition coefficient (Wildman–Crippen LogP) is 4.44. The van der Waals surface area contributed by atoms with Gasteiger partial charge in [0.05, 0.1) is 35.6 Å². The molecule has 12 unspecified atom stereocenters. The summed E-state index contributed by atoms with van der Waals surface area (Å²) in [6.07, 6.45) is 7.11. The van der Waals surface area contributed by atoms with Crippen molar-refractivity contribution < 1.29 is 25.2 Å². The molecule has 0 bridgehead atoms. The fraction of sp³-hybridized carbons (Fsp3) is 1.00. The zero-order valence-corrected chi connectivity index (χ0v) is 23.1.